The lowest BCUT2D eigenvalue weighted by Crippen LogP contribution is -2.28. The molecule has 0 heterocycles. The molecule has 1 aliphatic carbocycles. The van der Waals surface area contributed by atoms with Gasteiger partial charge >= 0.3 is 11.9 Å². The van der Waals surface area contributed by atoms with Crippen molar-refractivity contribution in [3.05, 3.63) is 33.3 Å². The first-order valence-corrected chi connectivity index (χ1v) is 9.58. The molecule has 0 bridgehead atoms. The summed E-state index contributed by atoms with van der Waals surface area (Å²) in [6.45, 7) is 5.43. The molecule has 0 saturated heterocycles. The van der Waals surface area contributed by atoms with Crippen LogP contribution in [0.5, 0.6) is 0 Å². The highest BCUT2D eigenvalue weighted by Gasteiger charge is 2.25. The van der Waals surface area contributed by atoms with Crippen molar-refractivity contribution >= 4 is 35.1 Å². The predicted octanol–water partition coefficient (Wildman–Crippen LogP) is 5.08. The van der Waals surface area contributed by atoms with Gasteiger partial charge in [-0.3, -0.25) is 4.79 Å². The Morgan fingerprint density at radius 2 is 1.81 bits per heavy atom. The standard InChI is InChI=1S/C19H25Cl2NO4/c1-19(2,3)25-18(24)16-13(9-14(20)10-15(16)21)11-22-26-17(23)12-7-5-4-6-8-12/h9-10,12,22H,4-8,11H2,1-3H3. The van der Waals surface area contributed by atoms with Crippen LogP contribution in [0.3, 0.4) is 0 Å². The Morgan fingerprint density at radius 1 is 1.15 bits per heavy atom. The van der Waals surface area contributed by atoms with E-state index in [-0.39, 0.29) is 29.0 Å². The molecule has 1 N–H and O–H groups in total. The van der Waals surface area contributed by atoms with Gasteiger partial charge in [-0.25, -0.2) is 4.79 Å². The van der Waals surface area contributed by atoms with Crippen molar-refractivity contribution in [3.8, 4) is 0 Å². The van der Waals surface area contributed by atoms with E-state index in [9.17, 15) is 9.59 Å². The van der Waals surface area contributed by atoms with E-state index in [1.54, 1.807) is 26.8 Å². The molecule has 2 rings (SSSR count). The lowest BCUT2D eigenvalue weighted by atomic mass is 9.89. The Labute approximate surface area is 164 Å². The van der Waals surface area contributed by atoms with Crippen LogP contribution in [0.2, 0.25) is 10.0 Å². The lowest BCUT2D eigenvalue weighted by molar-refractivity contribution is -0.157. The molecule has 0 aliphatic heterocycles. The van der Waals surface area contributed by atoms with E-state index in [4.69, 9.17) is 32.8 Å². The van der Waals surface area contributed by atoms with Crippen LogP contribution in [0.25, 0.3) is 0 Å². The molecule has 26 heavy (non-hydrogen) atoms. The molecule has 144 valence electrons. The molecule has 0 amide bonds. The Morgan fingerprint density at radius 3 is 2.42 bits per heavy atom. The molecular weight excluding hydrogens is 377 g/mol. The highest BCUT2D eigenvalue weighted by atomic mass is 35.5. The van der Waals surface area contributed by atoms with Crippen LogP contribution in [0, 0.1) is 5.92 Å². The summed E-state index contributed by atoms with van der Waals surface area (Å²) in [5, 5.41) is 0.583. The van der Waals surface area contributed by atoms with Crippen LogP contribution < -0.4 is 5.48 Å². The van der Waals surface area contributed by atoms with Gasteiger partial charge in [-0.15, -0.1) is 5.48 Å². The summed E-state index contributed by atoms with van der Waals surface area (Å²) in [6.07, 6.45) is 4.97. The maximum absolute atomic E-state index is 12.5. The summed E-state index contributed by atoms with van der Waals surface area (Å²) in [5.41, 5.74) is 2.70. The minimum atomic E-state index is -0.655. The number of nitrogens with one attached hydrogen (secondary N) is 1. The molecule has 1 aliphatic rings. The molecule has 0 unspecified atom stereocenters. The van der Waals surface area contributed by atoms with E-state index >= 15 is 0 Å². The number of ether oxygens (including phenoxy) is 1. The van der Waals surface area contributed by atoms with Gasteiger partial charge in [0, 0.05) is 5.02 Å². The minimum absolute atomic E-state index is 0.0653. The Bertz CT molecular complexity index is 664. The third-order valence-corrected chi connectivity index (χ3v) is 4.63. The molecule has 1 aromatic rings. The second-order valence-corrected chi connectivity index (χ2v) is 8.34. The third-order valence-electron chi connectivity index (χ3n) is 4.11. The molecule has 0 atom stereocenters. The van der Waals surface area contributed by atoms with Crippen molar-refractivity contribution in [2.24, 2.45) is 5.92 Å². The first-order valence-electron chi connectivity index (χ1n) is 8.82. The Balaban J connectivity index is 2.05. The monoisotopic (exact) mass is 401 g/mol. The smallest absolute Gasteiger partial charge is 0.340 e. The van der Waals surface area contributed by atoms with Crippen LogP contribution in [0.15, 0.2) is 12.1 Å². The van der Waals surface area contributed by atoms with Gasteiger partial charge in [0.05, 0.1) is 23.0 Å². The van der Waals surface area contributed by atoms with Gasteiger partial charge in [0.25, 0.3) is 0 Å². The van der Waals surface area contributed by atoms with Crippen LogP contribution in [-0.2, 0) is 20.9 Å². The number of rotatable bonds is 5. The number of esters is 1. The molecule has 0 aromatic heterocycles. The minimum Gasteiger partial charge on any atom is -0.456 e. The topological polar surface area (TPSA) is 64.6 Å². The zero-order valence-corrected chi connectivity index (χ0v) is 16.9. The fourth-order valence-corrected chi connectivity index (χ4v) is 3.54. The molecule has 1 aromatic carbocycles. The average Bonchev–Trinajstić information content (AvgIpc) is 2.53. The second-order valence-electron chi connectivity index (χ2n) is 7.50. The van der Waals surface area contributed by atoms with Gasteiger partial charge in [0.2, 0.25) is 0 Å². The van der Waals surface area contributed by atoms with E-state index in [0.717, 1.165) is 32.1 Å². The van der Waals surface area contributed by atoms with E-state index in [0.29, 0.717) is 10.6 Å². The summed E-state index contributed by atoms with van der Waals surface area (Å²) in [4.78, 5) is 29.7. The van der Waals surface area contributed by atoms with Crippen molar-refractivity contribution in [3.63, 3.8) is 0 Å². The number of benzene rings is 1. The maximum Gasteiger partial charge on any atom is 0.340 e. The Kier molecular flexibility index (Phi) is 7.33. The number of hydroxylamine groups is 1. The number of hydrogen-bond acceptors (Lipinski definition) is 5. The fraction of sp³-hybridized carbons (Fsp3) is 0.579. The molecule has 0 spiro atoms. The molecule has 5 nitrogen and oxygen atoms in total. The second kappa shape index (κ2) is 9.07. The quantitative estimate of drug-likeness (QED) is 0.550. The van der Waals surface area contributed by atoms with Crippen LogP contribution in [-0.4, -0.2) is 17.5 Å². The Hall–Kier alpha value is -1.30. The predicted molar refractivity (Wildman–Crippen MR) is 101 cm³/mol. The largest absolute Gasteiger partial charge is 0.456 e. The van der Waals surface area contributed by atoms with Crippen LogP contribution in [0.4, 0.5) is 0 Å². The number of carbonyl (C=O) groups excluding carboxylic acids is 2. The number of halogens is 2. The summed E-state index contributed by atoms with van der Waals surface area (Å²) in [7, 11) is 0. The number of hydrogen-bond donors (Lipinski definition) is 1. The van der Waals surface area contributed by atoms with Gasteiger partial charge in [0.15, 0.2) is 0 Å². The lowest BCUT2D eigenvalue weighted by Gasteiger charge is -2.22. The first-order chi connectivity index (χ1) is 12.2. The van der Waals surface area contributed by atoms with Gasteiger partial charge in [-0.05, 0) is 51.3 Å². The molecule has 1 fully saturated rings. The average molecular weight is 402 g/mol. The molecule has 7 heteroatoms. The summed E-state index contributed by atoms with van der Waals surface area (Å²) < 4.78 is 5.41. The van der Waals surface area contributed by atoms with Crippen molar-refractivity contribution in [2.45, 2.75) is 65.0 Å². The molecule has 1 saturated carbocycles. The van der Waals surface area contributed by atoms with Gasteiger partial charge in [-0.1, -0.05) is 42.5 Å². The fourth-order valence-electron chi connectivity index (χ4n) is 2.93. The van der Waals surface area contributed by atoms with E-state index in [2.05, 4.69) is 5.48 Å². The SMILES string of the molecule is CC(C)(C)OC(=O)c1c(Cl)cc(Cl)cc1CNOC(=O)C1CCCCC1. The summed E-state index contributed by atoms with van der Waals surface area (Å²) >= 11 is 12.3. The highest BCUT2D eigenvalue weighted by molar-refractivity contribution is 6.36. The first kappa shape index (κ1) is 21.0. The van der Waals surface area contributed by atoms with E-state index < -0.39 is 11.6 Å². The zero-order chi connectivity index (χ0) is 19.3. The normalized spacial score (nSPS) is 15.6. The van der Waals surface area contributed by atoms with Crippen LogP contribution in [0.1, 0.15) is 68.8 Å². The van der Waals surface area contributed by atoms with Crippen molar-refractivity contribution in [1.82, 2.24) is 5.48 Å². The van der Waals surface area contributed by atoms with Crippen molar-refractivity contribution in [1.29, 1.82) is 0 Å². The van der Waals surface area contributed by atoms with Crippen molar-refractivity contribution in [2.75, 3.05) is 0 Å². The summed E-state index contributed by atoms with van der Waals surface area (Å²) in [6, 6.07) is 3.09. The van der Waals surface area contributed by atoms with Gasteiger partial charge in [0.1, 0.15) is 5.60 Å². The zero-order valence-electron chi connectivity index (χ0n) is 15.4. The van der Waals surface area contributed by atoms with Gasteiger partial charge < -0.3 is 9.57 Å². The number of carbonyl (C=O) groups is 2. The third kappa shape index (κ3) is 6.15. The maximum atomic E-state index is 12.5. The van der Waals surface area contributed by atoms with Gasteiger partial charge in [-0.2, -0.15) is 0 Å². The van der Waals surface area contributed by atoms with Crippen molar-refractivity contribution < 1.29 is 19.2 Å². The summed E-state index contributed by atoms with van der Waals surface area (Å²) in [5.74, 6) is -0.879. The van der Waals surface area contributed by atoms with E-state index in [1.165, 1.54) is 6.07 Å². The van der Waals surface area contributed by atoms with Crippen LogP contribution >= 0.6 is 23.2 Å². The molecular formula is C19H25Cl2NO4. The highest BCUT2D eigenvalue weighted by Crippen LogP contribution is 2.28. The molecule has 0 radical (unpaired) electrons. The van der Waals surface area contributed by atoms with E-state index in [1.807, 2.05) is 0 Å².